The van der Waals surface area contributed by atoms with Crippen LogP contribution in [0.25, 0.3) is 11.4 Å². The molecule has 1 aromatic heterocycles. The van der Waals surface area contributed by atoms with Gasteiger partial charge in [0.15, 0.2) is 5.82 Å². The van der Waals surface area contributed by atoms with Crippen molar-refractivity contribution in [3.05, 3.63) is 63.1 Å². The number of H-pyrrole nitrogens is 1. The minimum absolute atomic E-state index is 0.165. The Morgan fingerprint density at radius 3 is 2.81 bits per heavy atom. The Balaban J connectivity index is 1.49. The van der Waals surface area contributed by atoms with E-state index in [4.69, 9.17) is 27.9 Å². The fraction of sp³-hybridized carbons (Fsp3) is 0.167. The summed E-state index contributed by atoms with van der Waals surface area (Å²) in [5.74, 6) is -0.0254. The highest BCUT2D eigenvalue weighted by atomic mass is 35.5. The zero-order valence-corrected chi connectivity index (χ0v) is 15.5. The molecule has 9 heteroatoms. The lowest BCUT2D eigenvalue weighted by molar-refractivity contribution is -0.116. The van der Waals surface area contributed by atoms with Crippen molar-refractivity contribution in [2.75, 3.05) is 11.9 Å². The summed E-state index contributed by atoms with van der Waals surface area (Å²) in [5.41, 5.74) is 1.21. The van der Waals surface area contributed by atoms with Crippen molar-refractivity contribution in [2.45, 2.75) is 12.8 Å². The van der Waals surface area contributed by atoms with Gasteiger partial charge in [0.1, 0.15) is 10.8 Å². The van der Waals surface area contributed by atoms with Crippen LogP contribution in [0.5, 0.6) is 5.75 Å². The molecule has 2 aromatic carbocycles. The van der Waals surface area contributed by atoms with E-state index in [1.54, 1.807) is 42.5 Å². The van der Waals surface area contributed by atoms with Crippen LogP contribution in [0.4, 0.5) is 5.69 Å². The molecule has 0 spiro atoms. The van der Waals surface area contributed by atoms with Crippen molar-refractivity contribution in [3.8, 4) is 17.1 Å². The maximum absolute atomic E-state index is 12.1. The van der Waals surface area contributed by atoms with Gasteiger partial charge in [-0.3, -0.25) is 14.3 Å². The van der Waals surface area contributed by atoms with E-state index >= 15 is 0 Å². The van der Waals surface area contributed by atoms with E-state index in [9.17, 15) is 9.59 Å². The van der Waals surface area contributed by atoms with E-state index in [1.165, 1.54) is 0 Å². The normalized spacial score (nSPS) is 10.6. The molecule has 0 aliphatic carbocycles. The molecule has 0 saturated carbocycles. The highest BCUT2D eigenvalue weighted by Crippen LogP contribution is 2.31. The van der Waals surface area contributed by atoms with Gasteiger partial charge in [-0.2, -0.15) is 0 Å². The number of ether oxygens (including phenoxy) is 1. The van der Waals surface area contributed by atoms with Crippen LogP contribution in [0, 0.1) is 0 Å². The van der Waals surface area contributed by atoms with E-state index in [1.807, 2.05) is 0 Å². The average molecular weight is 408 g/mol. The first-order valence-corrected chi connectivity index (χ1v) is 8.81. The molecule has 0 bridgehead atoms. The predicted octanol–water partition coefficient (Wildman–Crippen LogP) is 4.13. The third-order valence-corrected chi connectivity index (χ3v) is 4.38. The topological polar surface area (TPSA) is 97.2 Å². The lowest BCUT2D eigenvalue weighted by atomic mass is 10.2. The molecular formula is C18H15Cl2N3O4. The third-order valence-electron chi connectivity index (χ3n) is 3.58. The summed E-state index contributed by atoms with van der Waals surface area (Å²) in [6.07, 6.45) is 0.772. The number of nitrogens with zero attached hydrogens (tertiary/aromatic N) is 1. The van der Waals surface area contributed by atoms with Crippen molar-refractivity contribution in [1.29, 1.82) is 0 Å². The smallest absolute Gasteiger partial charge is 0.439 e. The summed E-state index contributed by atoms with van der Waals surface area (Å²) in [6, 6.07) is 12.0. The Labute approximate surface area is 164 Å². The number of anilines is 1. The second kappa shape index (κ2) is 8.75. The monoisotopic (exact) mass is 407 g/mol. The lowest BCUT2D eigenvalue weighted by Crippen LogP contribution is -2.13. The number of hydrogen-bond donors (Lipinski definition) is 2. The highest BCUT2D eigenvalue weighted by Gasteiger charge is 2.08. The summed E-state index contributed by atoms with van der Waals surface area (Å²) in [4.78, 5) is 25.6. The molecular weight excluding hydrogens is 393 g/mol. The summed E-state index contributed by atoms with van der Waals surface area (Å²) < 4.78 is 10.0. The maximum Gasteiger partial charge on any atom is 0.439 e. The van der Waals surface area contributed by atoms with E-state index in [0.717, 1.165) is 0 Å². The van der Waals surface area contributed by atoms with Crippen LogP contribution >= 0.6 is 23.2 Å². The van der Waals surface area contributed by atoms with E-state index in [-0.39, 0.29) is 12.3 Å². The molecule has 0 atom stereocenters. The van der Waals surface area contributed by atoms with Gasteiger partial charge in [0.05, 0.1) is 11.6 Å². The van der Waals surface area contributed by atoms with Crippen molar-refractivity contribution in [1.82, 2.24) is 10.1 Å². The van der Waals surface area contributed by atoms with Gasteiger partial charge >= 0.3 is 5.76 Å². The molecule has 27 heavy (non-hydrogen) atoms. The standard InChI is InChI=1S/C18H15Cl2N3O4/c19-13-6-2-7-14(16(13)20)26-9-3-8-15(24)21-12-5-1-4-11(10-12)17-22-18(25)27-23-17/h1-2,4-7,10H,3,8-9H2,(H,21,24)(H,22,23,25). The quantitative estimate of drug-likeness (QED) is 0.573. The zero-order valence-electron chi connectivity index (χ0n) is 14.0. The van der Waals surface area contributed by atoms with Crippen LogP contribution in [0.2, 0.25) is 10.0 Å². The average Bonchev–Trinajstić information content (AvgIpc) is 3.09. The number of carbonyl (C=O) groups is 1. The van der Waals surface area contributed by atoms with Crippen LogP contribution in [0.3, 0.4) is 0 Å². The van der Waals surface area contributed by atoms with Crippen LogP contribution in [-0.4, -0.2) is 22.7 Å². The summed E-state index contributed by atoms with van der Waals surface area (Å²) in [7, 11) is 0. The van der Waals surface area contributed by atoms with Gasteiger partial charge in [0.2, 0.25) is 5.91 Å². The Morgan fingerprint density at radius 1 is 1.22 bits per heavy atom. The predicted molar refractivity (Wildman–Crippen MR) is 102 cm³/mol. The maximum atomic E-state index is 12.1. The Kier molecular flexibility index (Phi) is 6.16. The van der Waals surface area contributed by atoms with Crippen LogP contribution in [0.15, 0.2) is 51.8 Å². The van der Waals surface area contributed by atoms with Gasteiger partial charge in [-0.15, -0.1) is 0 Å². The number of nitrogens with one attached hydrogen (secondary N) is 2. The van der Waals surface area contributed by atoms with E-state index in [0.29, 0.717) is 45.9 Å². The number of amides is 1. The first-order valence-electron chi connectivity index (χ1n) is 8.06. The van der Waals surface area contributed by atoms with Gasteiger partial charge < -0.3 is 10.1 Å². The Bertz CT molecular complexity index is 1000. The molecule has 1 heterocycles. The molecule has 7 nitrogen and oxygen atoms in total. The van der Waals surface area contributed by atoms with Crippen LogP contribution in [-0.2, 0) is 4.79 Å². The molecule has 0 aliphatic heterocycles. The first kappa shape index (κ1) is 19.0. The fourth-order valence-corrected chi connectivity index (χ4v) is 2.68. The molecule has 0 unspecified atom stereocenters. The number of hydrogen-bond acceptors (Lipinski definition) is 5. The van der Waals surface area contributed by atoms with E-state index in [2.05, 4.69) is 20.0 Å². The van der Waals surface area contributed by atoms with Gasteiger partial charge in [0, 0.05) is 17.7 Å². The lowest BCUT2D eigenvalue weighted by Gasteiger charge is -2.09. The first-order chi connectivity index (χ1) is 13.0. The minimum atomic E-state index is -0.640. The van der Waals surface area contributed by atoms with Crippen molar-refractivity contribution >= 4 is 34.8 Å². The number of aromatic nitrogens is 2. The number of rotatable bonds is 7. The molecule has 140 valence electrons. The second-order valence-electron chi connectivity index (χ2n) is 5.58. The summed E-state index contributed by atoms with van der Waals surface area (Å²) >= 11 is 12.0. The molecule has 3 rings (SSSR count). The molecule has 1 amide bonds. The van der Waals surface area contributed by atoms with Crippen molar-refractivity contribution in [3.63, 3.8) is 0 Å². The fourth-order valence-electron chi connectivity index (χ4n) is 2.33. The van der Waals surface area contributed by atoms with Crippen LogP contribution < -0.4 is 15.8 Å². The molecule has 3 aromatic rings. The van der Waals surface area contributed by atoms with Crippen LogP contribution in [0.1, 0.15) is 12.8 Å². The molecule has 0 saturated heterocycles. The third kappa shape index (κ3) is 5.12. The van der Waals surface area contributed by atoms with Crippen molar-refractivity contribution in [2.24, 2.45) is 0 Å². The Hall–Kier alpha value is -2.77. The number of halogens is 2. The molecule has 0 aliphatic rings. The number of aromatic amines is 1. The minimum Gasteiger partial charge on any atom is -0.492 e. The summed E-state index contributed by atoms with van der Waals surface area (Å²) in [6.45, 7) is 0.327. The Morgan fingerprint density at radius 2 is 2.04 bits per heavy atom. The number of carbonyl (C=O) groups excluding carboxylic acids is 1. The van der Waals surface area contributed by atoms with Gasteiger partial charge in [0.25, 0.3) is 0 Å². The largest absolute Gasteiger partial charge is 0.492 e. The van der Waals surface area contributed by atoms with E-state index < -0.39 is 5.76 Å². The molecule has 0 radical (unpaired) electrons. The van der Waals surface area contributed by atoms with Crippen molar-refractivity contribution < 1.29 is 14.1 Å². The second-order valence-corrected chi connectivity index (χ2v) is 6.36. The zero-order chi connectivity index (χ0) is 19.2. The number of benzene rings is 2. The SMILES string of the molecule is O=C(CCCOc1cccc(Cl)c1Cl)Nc1cccc(-c2noc(=O)[nH]2)c1. The van der Waals surface area contributed by atoms with Gasteiger partial charge in [-0.05, 0) is 30.7 Å². The molecule has 0 fully saturated rings. The highest BCUT2D eigenvalue weighted by molar-refractivity contribution is 6.42. The molecule has 2 N–H and O–H groups in total. The van der Waals surface area contributed by atoms with Gasteiger partial charge in [-0.25, -0.2) is 4.79 Å². The summed E-state index contributed by atoms with van der Waals surface area (Å²) in [5, 5.41) is 7.17. The van der Waals surface area contributed by atoms with Gasteiger partial charge in [-0.1, -0.05) is 46.6 Å².